The summed E-state index contributed by atoms with van der Waals surface area (Å²) in [5.41, 5.74) is 7.46. The Morgan fingerprint density at radius 2 is 1.65 bits per heavy atom. The minimum absolute atomic E-state index is 0.136. The molecule has 3 amide bonds. The molecule has 1 atom stereocenters. The fourth-order valence-electron chi connectivity index (χ4n) is 10.1. The number of fused-ring (bicyclic) bond motifs is 2. The summed E-state index contributed by atoms with van der Waals surface area (Å²) >= 11 is 1.40. The molecule has 2 fully saturated rings. The van der Waals surface area contributed by atoms with Crippen LogP contribution < -0.4 is 30.5 Å². The number of ether oxygens (including phenoxy) is 1. The number of rotatable bonds is 15. The fourth-order valence-corrected chi connectivity index (χ4v) is 10.9. The zero-order valence-corrected chi connectivity index (χ0v) is 41.5. The monoisotopic (exact) mass is 1020 g/mol. The fraction of sp³-hybridized carbons (Fsp3) is 0.268. The molecule has 1 unspecified atom stereocenters. The third-order valence-electron chi connectivity index (χ3n) is 14.0. The number of aromatic nitrogens is 2. The van der Waals surface area contributed by atoms with Gasteiger partial charge in [0.05, 0.1) is 28.4 Å². The van der Waals surface area contributed by atoms with E-state index in [1.54, 1.807) is 72.6 Å². The molecule has 0 saturated carbocycles. The van der Waals surface area contributed by atoms with Crippen LogP contribution in [0.3, 0.4) is 0 Å². The lowest BCUT2D eigenvalue weighted by Gasteiger charge is -2.37. The Hall–Kier alpha value is -8.09. The topological polar surface area (TPSA) is 193 Å². The second-order valence-electron chi connectivity index (χ2n) is 18.8. The molecule has 74 heavy (non-hydrogen) atoms. The lowest BCUT2D eigenvalue weighted by molar-refractivity contribution is -0.134. The van der Waals surface area contributed by atoms with Crippen LogP contribution in [0.4, 0.5) is 31.1 Å². The van der Waals surface area contributed by atoms with Crippen LogP contribution in [-0.2, 0) is 29.0 Å². The first kappa shape index (κ1) is 49.5. The van der Waals surface area contributed by atoms with E-state index in [9.17, 15) is 24.3 Å². The van der Waals surface area contributed by atoms with E-state index in [2.05, 4.69) is 30.8 Å². The van der Waals surface area contributed by atoms with E-state index in [0.717, 1.165) is 27.0 Å². The third-order valence-corrected chi connectivity index (χ3v) is 14.9. The maximum absolute atomic E-state index is 15.6. The van der Waals surface area contributed by atoms with Crippen LogP contribution >= 0.6 is 11.3 Å². The number of hydrogen-bond donors (Lipinski definition) is 5. The number of carboxylic acid groups (broad SMARTS) is 1. The Kier molecular flexibility index (Phi) is 13.9. The molecule has 0 spiro atoms. The van der Waals surface area contributed by atoms with E-state index >= 15 is 8.78 Å². The predicted molar refractivity (Wildman–Crippen MR) is 283 cm³/mol. The van der Waals surface area contributed by atoms with Gasteiger partial charge in [0.25, 0.3) is 11.8 Å². The number of carbonyl (C=O) groups excluding carboxylic acids is 3. The number of aromatic carboxylic acids is 1. The molecule has 18 heteroatoms. The highest BCUT2D eigenvalue weighted by Gasteiger charge is 2.35. The molecule has 0 bridgehead atoms. The number of carboxylic acids is 1. The van der Waals surface area contributed by atoms with Crippen molar-refractivity contribution in [3.05, 3.63) is 154 Å². The van der Waals surface area contributed by atoms with Crippen LogP contribution in [-0.4, -0.2) is 102 Å². The van der Waals surface area contributed by atoms with Crippen LogP contribution in [0.15, 0.2) is 115 Å². The lowest BCUT2D eigenvalue weighted by atomic mass is 9.88. The van der Waals surface area contributed by atoms with Gasteiger partial charge in [-0.2, -0.15) is 0 Å². The van der Waals surface area contributed by atoms with Crippen molar-refractivity contribution in [1.82, 2.24) is 20.2 Å². The van der Waals surface area contributed by atoms with Crippen molar-refractivity contribution in [1.29, 1.82) is 5.41 Å². The number of nitrogens with zero attached hydrogens (tertiary/aromatic N) is 5. The number of carbonyl (C=O) groups is 4. The molecule has 2 saturated heterocycles. The molecule has 378 valence electrons. The quantitative estimate of drug-likeness (QED) is 0.0484. The second kappa shape index (κ2) is 20.8. The average molecular weight is 1020 g/mol. The zero-order valence-electron chi connectivity index (χ0n) is 40.7. The minimum atomic E-state index is -3.01. The number of amides is 3. The van der Waals surface area contributed by atoms with E-state index in [1.807, 2.05) is 66.4 Å². The van der Waals surface area contributed by atoms with Crippen LogP contribution in [0.2, 0.25) is 0 Å². The Balaban J connectivity index is 0.754. The van der Waals surface area contributed by atoms with Gasteiger partial charge in [-0.05, 0) is 114 Å². The van der Waals surface area contributed by atoms with Gasteiger partial charge in [-0.3, -0.25) is 29.9 Å². The Morgan fingerprint density at radius 3 is 2.41 bits per heavy atom. The number of thiazole rings is 1. The minimum Gasteiger partial charge on any atom is -0.476 e. The van der Waals surface area contributed by atoms with Crippen molar-refractivity contribution in [3.63, 3.8) is 0 Å². The second-order valence-corrected chi connectivity index (χ2v) is 19.8. The van der Waals surface area contributed by atoms with Crippen molar-refractivity contribution < 1.29 is 37.8 Å². The first-order valence-corrected chi connectivity index (χ1v) is 25.2. The summed E-state index contributed by atoms with van der Waals surface area (Å²) in [6, 6.07) is 34.4. The van der Waals surface area contributed by atoms with Crippen molar-refractivity contribution in [2.24, 2.45) is 5.92 Å². The molecule has 3 aliphatic rings. The van der Waals surface area contributed by atoms with Crippen molar-refractivity contribution >= 4 is 73.3 Å². The predicted octanol–water partition coefficient (Wildman–Crippen LogP) is 9.43. The normalized spacial score (nSPS) is 16.1. The van der Waals surface area contributed by atoms with E-state index in [1.165, 1.54) is 11.3 Å². The number of piperidine rings is 1. The maximum Gasteiger partial charge on any atom is 0.355 e. The molecule has 5 N–H and O–H groups in total. The highest BCUT2D eigenvalue weighted by molar-refractivity contribution is 7.22. The van der Waals surface area contributed by atoms with Gasteiger partial charge in [-0.15, -0.1) is 0 Å². The largest absolute Gasteiger partial charge is 0.476 e. The molecule has 7 aromatic rings. The first-order valence-electron chi connectivity index (χ1n) is 24.4. The third kappa shape index (κ3) is 10.5. The van der Waals surface area contributed by atoms with Crippen molar-refractivity contribution in [2.75, 3.05) is 66.7 Å². The zero-order chi connectivity index (χ0) is 51.7. The molecule has 0 radical (unpaired) electrons. The van der Waals surface area contributed by atoms with Gasteiger partial charge in [0.2, 0.25) is 11.8 Å². The number of hydrogen-bond acceptors (Lipinski definition) is 13. The molecular weight excluding hydrogens is 965 g/mol. The Labute approximate surface area is 429 Å². The van der Waals surface area contributed by atoms with E-state index < -0.39 is 36.7 Å². The van der Waals surface area contributed by atoms with Gasteiger partial charge in [-0.1, -0.05) is 59.9 Å². The molecule has 15 nitrogen and oxygen atoms in total. The molecule has 3 aliphatic heterocycles. The highest BCUT2D eigenvalue weighted by atomic mass is 32.1. The summed E-state index contributed by atoms with van der Waals surface area (Å²) in [5.74, 6) is -4.63. The van der Waals surface area contributed by atoms with Gasteiger partial charge >= 0.3 is 5.97 Å². The van der Waals surface area contributed by atoms with Crippen molar-refractivity contribution in [3.8, 4) is 22.6 Å². The summed E-state index contributed by atoms with van der Waals surface area (Å²) < 4.78 is 38.5. The summed E-state index contributed by atoms with van der Waals surface area (Å²) in [4.78, 5) is 65.7. The van der Waals surface area contributed by atoms with Gasteiger partial charge in [0, 0.05) is 87.2 Å². The van der Waals surface area contributed by atoms with Crippen LogP contribution in [0.25, 0.3) is 21.3 Å². The standard InChI is InChI=1S/C56H53F2N9O6S/c1-33-38(39-19-21-48(62-51(39)54(71)72)67-24-23-35-7-5-9-40(43(35)31-67)52(69)64-55-61-44-10-3-4-12-47(44)74-55)8-6-11-46(33)73-37-16-13-34(14-17-37)30-56(57,58)32-65-25-27-66(28-26-65)36-15-18-41(45(29-36)60-2)50(59)42-20-22-49(68)63-53(42)70/h3-19,21,29,42,59-60H,20,22-28,30-32H2,1-2H3,(H,71,72)(H,61,64,69)(H,63,68,70). The van der Waals surface area contributed by atoms with Crippen LogP contribution in [0, 0.1) is 18.3 Å². The van der Waals surface area contributed by atoms with E-state index in [-0.39, 0.29) is 36.1 Å². The maximum atomic E-state index is 15.6. The Bertz CT molecular complexity index is 3310. The average Bonchev–Trinajstić information content (AvgIpc) is 3.81. The first-order chi connectivity index (χ1) is 35.7. The van der Waals surface area contributed by atoms with Gasteiger partial charge in [0.15, 0.2) is 10.8 Å². The molecule has 5 aromatic carbocycles. The number of alkyl halides is 2. The highest BCUT2D eigenvalue weighted by Crippen LogP contribution is 2.37. The molecule has 2 aromatic heterocycles. The van der Waals surface area contributed by atoms with Crippen LogP contribution in [0.1, 0.15) is 61.5 Å². The number of imide groups is 1. The number of halogens is 2. The smallest absolute Gasteiger partial charge is 0.355 e. The number of piperazine rings is 1. The Morgan fingerprint density at radius 1 is 0.865 bits per heavy atom. The summed E-state index contributed by atoms with van der Waals surface area (Å²) in [6.07, 6.45) is 0.640. The van der Waals surface area contributed by atoms with E-state index in [0.29, 0.717) is 107 Å². The molecule has 0 aliphatic carbocycles. The molecule has 5 heterocycles. The van der Waals surface area contributed by atoms with Gasteiger partial charge in [0.1, 0.15) is 17.3 Å². The summed E-state index contributed by atoms with van der Waals surface area (Å²) in [5, 5.41) is 28.1. The van der Waals surface area contributed by atoms with Gasteiger partial charge < -0.3 is 30.4 Å². The summed E-state index contributed by atoms with van der Waals surface area (Å²) in [6.45, 7) is 4.27. The SMILES string of the molecule is CNc1cc(N2CCN(CC(F)(F)Cc3ccc(Oc4cccc(-c5ccc(N6CCc7cccc(C(=O)Nc8nc9ccccc9s8)c7C6)nc5C(=O)O)c4C)cc3)CC2)ccc1C(=N)C1CCC(=O)NC1=O. The van der Waals surface area contributed by atoms with Crippen molar-refractivity contribution in [2.45, 2.75) is 45.1 Å². The number of pyridine rings is 1. The summed E-state index contributed by atoms with van der Waals surface area (Å²) in [7, 11) is 1.74. The van der Waals surface area contributed by atoms with Gasteiger partial charge in [-0.25, -0.2) is 23.5 Å². The number of anilines is 4. The number of benzene rings is 5. The molecule has 10 rings (SSSR count). The van der Waals surface area contributed by atoms with E-state index in [4.69, 9.17) is 10.1 Å². The van der Waals surface area contributed by atoms with Crippen LogP contribution in [0.5, 0.6) is 11.5 Å². The lowest BCUT2D eigenvalue weighted by Crippen LogP contribution is -2.50. The molecular formula is C56H53F2N9O6S. The number of para-hydroxylation sites is 1. The number of nitrogens with one attached hydrogen (secondary N) is 4.